The summed E-state index contributed by atoms with van der Waals surface area (Å²) in [6.45, 7) is 6.06. The second kappa shape index (κ2) is 22.4. The van der Waals surface area contributed by atoms with Crippen LogP contribution in [-0.2, 0) is 37.9 Å². The summed E-state index contributed by atoms with van der Waals surface area (Å²) in [5.74, 6) is 0.345. The highest BCUT2D eigenvalue weighted by molar-refractivity contribution is 5.15. The highest BCUT2D eigenvalue weighted by Gasteiger charge is 2.68. The number of hydrogen-bond acceptors (Lipinski definition) is 22. The van der Waals surface area contributed by atoms with Crippen LogP contribution in [0.5, 0.6) is 0 Å². The van der Waals surface area contributed by atoms with Crippen LogP contribution in [0.15, 0.2) is 0 Å². The molecule has 22 nitrogen and oxygen atoms in total. The third-order valence-electron chi connectivity index (χ3n) is 18.7. The second-order valence-corrected chi connectivity index (χ2v) is 22.3. The van der Waals surface area contributed by atoms with Crippen LogP contribution in [0.4, 0.5) is 0 Å². The minimum absolute atomic E-state index is 0.0389. The van der Waals surface area contributed by atoms with Crippen molar-refractivity contribution in [3.63, 3.8) is 0 Å². The lowest BCUT2D eigenvalue weighted by atomic mass is 9.43. The van der Waals surface area contributed by atoms with E-state index in [0.717, 1.165) is 51.4 Å². The zero-order valence-electron chi connectivity index (χ0n) is 40.6. The van der Waals surface area contributed by atoms with E-state index in [2.05, 4.69) is 27.7 Å². The van der Waals surface area contributed by atoms with Gasteiger partial charge in [-0.25, -0.2) is 0 Å². The Morgan fingerprint density at radius 1 is 0.514 bits per heavy atom. The maximum absolute atomic E-state index is 11.8. The Kier molecular flexibility index (Phi) is 17.7. The Morgan fingerprint density at radius 3 is 1.49 bits per heavy atom. The minimum atomic E-state index is -1.81. The van der Waals surface area contributed by atoms with Crippen LogP contribution in [0.1, 0.15) is 91.9 Å². The Labute approximate surface area is 408 Å². The molecule has 8 rings (SSSR count). The van der Waals surface area contributed by atoms with Crippen molar-refractivity contribution in [1.82, 2.24) is 0 Å². The summed E-state index contributed by atoms with van der Waals surface area (Å²) in [7, 11) is 0. The number of hydrogen-bond donors (Lipinski definition) is 14. The first kappa shape index (κ1) is 55.4. The highest BCUT2D eigenvalue weighted by Crippen LogP contribution is 2.69. The van der Waals surface area contributed by atoms with Crippen molar-refractivity contribution in [2.45, 2.75) is 227 Å². The first-order valence-corrected chi connectivity index (χ1v) is 25.8. The fourth-order valence-corrected chi connectivity index (χ4v) is 14.8. The smallest absolute Gasteiger partial charge is 0.187 e. The van der Waals surface area contributed by atoms with Gasteiger partial charge in [-0.05, 0) is 79.4 Å². The predicted octanol–water partition coefficient (Wildman–Crippen LogP) is -3.29. The van der Waals surface area contributed by atoms with Gasteiger partial charge in [0.2, 0.25) is 0 Å². The molecule has 0 amide bonds. The number of ether oxygens (including phenoxy) is 8. The van der Waals surface area contributed by atoms with Crippen LogP contribution in [0, 0.1) is 46.3 Å². The molecule has 14 N–H and O–H groups in total. The molecule has 0 aromatic heterocycles. The lowest BCUT2D eigenvalue weighted by Gasteiger charge is -2.65. The first-order valence-electron chi connectivity index (χ1n) is 25.8. The van der Waals surface area contributed by atoms with Gasteiger partial charge in [-0.15, -0.1) is 0 Å². The van der Waals surface area contributed by atoms with E-state index < -0.39 is 167 Å². The summed E-state index contributed by atoms with van der Waals surface area (Å²) in [6, 6.07) is 0. The summed E-state index contributed by atoms with van der Waals surface area (Å²) in [5, 5.41) is 150. The molecule has 406 valence electrons. The molecule has 4 saturated carbocycles. The van der Waals surface area contributed by atoms with Gasteiger partial charge < -0.3 is 109 Å². The fraction of sp³-hybridized carbons (Fsp3) is 1.00. The Morgan fingerprint density at radius 2 is 0.986 bits per heavy atom. The van der Waals surface area contributed by atoms with E-state index in [9.17, 15) is 71.5 Å². The van der Waals surface area contributed by atoms with Gasteiger partial charge in [0.05, 0.1) is 38.6 Å². The maximum Gasteiger partial charge on any atom is 0.187 e. The number of fused-ring (bicyclic) bond motifs is 5. The molecule has 8 aliphatic rings. The van der Waals surface area contributed by atoms with E-state index in [-0.39, 0.29) is 40.9 Å². The maximum atomic E-state index is 11.8. The Balaban J connectivity index is 1.06. The van der Waals surface area contributed by atoms with E-state index in [0.29, 0.717) is 12.8 Å². The van der Waals surface area contributed by atoms with E-state index in [1.807, 2.05) is 0 Å². The molecule has 4 heterocycles. The van der Waals surface area contributed by atoms with Gasteiger partial charge in [0, 0.05) is 5.41 Å². The molecule has 0 radical (unpaired) electrons. The van der Waals surface area contributed by atoms with Gasteiger partial charge in [-0.1, -0.05) is 53.4 Å². The van der Waals surface area contributed by atoms with Crippen LogP contribution in [0.25, 0.3) is 0 Å². The molecule has 0 aromatic rings. The normalized spacial score (nSPS) is 54.5. The molecule has 30 atom stereocenters. The van der Waals surface area contributed by atoms with Gasteiger partial charge in [-0.2, -0.15) is 0 Å². The largest absolute Gasteiger partial charge is 0.394 e. The molecule has 8 fully saturated rings. The van der Waals surface area contributed by atoms with Crippen molar-refractivity contribution in [2.24, 2.45) is 46.3 Å². The van der Waals surface area contributed by atoms with Crippen LogP contribution < -0.4 is 0 Å². The zero-order valence-corrected chi connectivity index (χ0v) is 40.6. The molecule has 0 spiro atoms. The quantitative estimate of drug-likeness (QED) is 0.0715. The average Bonchev–Trinajstić information content (AvgIpc) is 3.71. The molecule has 10 unspecified atom stereocenters. The molecule has 70 heavy (non-hydrogen) atoms. The van der Waals surface area contributed by atoms with Crippen LogP contribution in [0.2, 0.25) is 0 Å². The van der Waals surface area contributed by atoms with Crippen molar-refractivity contribution < 1.29 is 109 Å². The summed E-state index contributed by atoms with van der Waals surface area (Å²) in [5.41, 5.74) is -0.767. The molecule has 0 bridgehead atoms. The van der Waals surface area contributed by atoms with E-state index in [1.165, 1.54) is 0 Å². The van der Waals surface area contributed by atoms with Crippen molar-refractivity contribution in [3.05, 3.63) is 0 Å². The van der Waals surface area contributed by atoms with E-state index in [1.54, 1.807) is 0 Å². The average molecular weight is 1010 g/mol. The molecule has 0 aromatic carbocycles. The lowest BCUT2D eigenvalue weighted by Crippen LogP contribution is -2.67. The fourth-order valence-electron chi connectivity index (χ4n) is 14.8. The summed E-state index contributed by atoms with van der Waals surface area (Å²) >= 11 is 0. The molecule has 4 aliphatic carbocycles. The highest BCUT2D eigenvalue weighted by atomic mass is 16.8. The molecular weight excluding hydrogens is 929 g/mol. The van der Waals surface area contributed by atoms with Crippen molar-refractivity contribution in [2.75, 3.05) is 26.4 Å². The third-order valence-corrected chi connectivity index (χ3v) is 18.7. The monoisotopic (exact) mass is 1010 g/mol. The van der Waals surface area contributed by atoms with Crippen molar-refractivity contribution in [1.29, 1.82) is 0 Å². The topological polar surface area (TPSA) is 357 Å². The second-order valence-electron chi connectivity index (χ2n) is 22.3. The number of aliphatic hydroxyl groups is 14. The standard InChI is InChI=1S/C48H82O22/c1-5-8-19(2)21-10-11-22-30-23(14-29(48(21,22)4)68-44-40(62)36(58)42(28(18-52)67-44)70-46-38(60)34(56)32(54)26(16-50)65-46)47(3)12-7-6-9-20(47)13-24(30)63-43-39(61)35(57)41(27(17-51)66-43)69-45-37(59)33(55)31(53)25(15-49)64-45/h19-46,49-62H,5-18H2,1-4H3/t19-,20+,21-,22+,23+,24?,25?,26?,27?,28?,29+,30?,31-,32-,33+,34+,35?,36?,37+,38?,39+,40+,41-,42-,43-,44+,45?,46-,47+,48-/m1/s1. The van der Waals surface area contributed by atoms with Crippen molar-refractivity contribution in [3.8, 4) is 0 Å². The third kappa shape index (κ3) is 9.79. The minimum Gasteiger partial charge on any atom is -0.394 e. The van der Waals surface area contributed by atoms with Crippen LogP contribution in [-0.4, -0.2) is 233 Å². The van der Waals surface area contributed by atoms with Gasteiger partial charge in [0.1, 0.15) is 97.7 Å². The predicted molar refractivity (Wildman–Crippen MR) is 237 cm³/mol. The van der Waals surface area contributed by atoms with Gasteiger partial charge in [0.15, 0.2) is 25.2 Å². The zero-order chi connectivity index (χ0) is 50.7. The lowest BCUT2D eigenvalue weighted by molar-refractivity contribution is -0.375. The Bertz CT molecular complexity index is 1680. The van der Waals surface area contributed by atoms with Crippen LogP contribution >= 0.6 is 0 Å². The van der Waals surface area contributed by atoms with Crippen LogP contribution in [0.3, 0.4) is 0 Å². The summed E-state index contributed by atoms with van der Waals surface area (Å²) in [6.07, 6.45) is -24.4. The SMILES string of the molecule is CCC[C@@H](C)[C@H]1CC[C@H]2C3C(O[C@@H]4OC(CO)[C@@H](OC5OC(CO)[C@@H](O)[C@H](O)[C@@H]5O)C(O)[C@@H]4O)C[C@@H]4CCCC[C@]4(C)[C@H]3C[C@H](O[C@@H]3OC(CO)[C@@H](O[C@H]4OC(CO)[C@@H](O)[C@H](O)C4O)C(O)[C@@H]3O)[C@]12C. The molecule has 4 aliphatic heterocycles. The van der Waals surface area contributed by atoms with Gasteiger partial charge >= 0.3 is 0 Å². The van der Waals surface area contributed by atoms with E-state index >= 15 is 0 Å². The summed E-state index contributed by atoms with van der Waals surface area (Å²) in [4.78, 5) is 0. The van der Waals surface area contributed by atoms with Gasteiger partial charge in [-0.3, -0.25) is 0 Å². The molecule has 22 heteroatoms. The molecular formula is C48H82O22. The Hall–Kier alpha value is -0.880. The number of rotatable bonds is 15. The number of aliphatic hydroxyl groups excluding tert-OH is 14. The first-order chi connectivity index (χ1) is 33.3. The van der Waals surface area contributed by atoms with Crippen molar-refractivity contribution >= 4 is 0 Å². The van der Waals surface area contributed by atoms with E-state index in [4.69, 9.17) is 37.9 Å². The van der Waals surface area contributed by atoms with Gasteiger partial charge in [0.25, 0.3) is 0 Å². The summed E-state index contributed by atoms with van der Waals surface area (Å²) < 4.78 is 49.2. The molecule has 4 saturated heterocycles.